The van der Waals surface area contributed by atoms with Crippen molar-refractivity contribution in [3.63, 3.8) is 0 Å². The molecule has 1 rings (SSSR count). The van der Waals surface area contributed by atoms with Gasteiger partial charge in [-0.15, -0.1) is 17.1 Å². The number of rotatable bonds is 3. The van der Waals surface area contributed by atoms with E-state index in [1.54, 1.807) is 0 Å². The highest BCUT2D eigenvalue weighted by atomic mass is 32.3. The number of alkyl halides is 3. The lowest BCUT2D eigenvalue weighted by atomic mass is 10.2. The Kier molecular flexibility index (Phi) is 3.46. The molecule has 0 aromatic heterocycles. The SMILES string of the molecule is C=C(c1ccc(OC(F)(F)F)cc1)S(=O)(=O)F. The van der Waals surface area contributed by atoms with Gasteiger partial charge in [-0.05, 0) is 29.8 Å². The van der Waals surface area contributed by atoms with Crippen molar-refractivity contribution in [3.8, 4) is 5.75 Å². The normalized spacial score (nSPS) is 12.2. The van der Waals surface area contributed by atoms with Gasteiger partial charge in [0.15, 0.2) is 0 Å². The molecule has 0 unspecified atom stereocenters. The molecule has 0 radical (unpaired) electrons. The van der Waals surface area contributed by atoms with Gasteiger partial charge in [0.05, 0.1) is 4.91 Å². The summed E-state index contributed by atoms with van der Waals surface area (Å²) in [5.41, 5.74) is -0.151. The summed E-state index contributed by atoms with van der Waals surface area (Å²) in [6.07, 6.45) is -4.84. The summed E-state index contributed by atoms with van der Waals surface area (Å²) in [5.74, 6) is -0.537. The van der Waals surface area contributed by atoms with Gasteiger partial charge in [0.1, 0.15) is 5.75 Å². The average Bonchev–Trinajstić information content (AvgIpc) is 2.14. The Morgan fingerprint density at radius 3 is 2.00 bits per heavy atom. The topological polar surface area (TPSA) is 43.4 Å². The minimum atomic E-state index is -4.96. The summed E-state index contributed by atoms with van der Waals surface area (Å²) >= 11 is 0. The zero-order valence-electron chi connectivity index (χ0n) is 8.16. The van der Waals surface area contributed by atoms with E-state index in [1.165, 1.54) is 0 Å². The van der Waals surface area contributed by atoms with Gasteiger partial charge >= 0.3 is 16.6 Å². The molecule has 17 heavy (non-hydrogen) atoms. The third-order valence-corrected chi connectivity index (χ3v) is 2.53. The number of hydrogen-bond acceptors (Lipinski definition) is 3. The van der Waals surface area contributed by atoms with Crippen LogP contribution in [-0.4, -0.2) is 14.8 Å². The van der Waals surface area contributed by atoms with Crippen LogP contribution in [0, 0.1) is 0 Å². The summed E-state index contributed by atoms with van der Waals surface area (Å²) in [5, 5.41) is 0. The summed E-state index contributed by atoms with van der Waals surface area (Å²) in [6.45, 7) is 2.97. The summed E-state index contributed by atoms with van der Waals surface area (Å²) in [4.78, 5) is -0.823. The molecule has 1 aromatic carbocycles. The van der Waals surface area contributed by atoms with Crippen LogP contribution in [0.5, 0.6) is 5.75 Å². The fourth-order valence-corrected chi connectivity index (χ4v) is 1.40. The number of benzene rings is 1. The summed E-state index contributed by atoms with van der Waals surface area (Å²) in [7, 11) is -4.96. The van der Waals surface area contributed by atoms with Gasteiger partial charge in [-0.2, -0.15) is 8.42 Å². The largest absolute Gasteiger partial charge is 0.573 e. The van der Waals surface area contributed by atoms with Gasteiger partial charge in [-0.25, -0.2) is 0 Å². The lowest BCUT2D eigenvalue weighted by Crippen LogP contribution is -2.17. The Bertz CT molecular complexity index is 516. The van der Waals surface area contributed by atoms with E-state index in [-0.39, 0.29) is 5.56 Å². The fourth-order valence-electron chi connectivity index (χ4n) is 0.983. The predicted octanol–water partition coefficient (Wildman–Crippen LogP) is 2.86. The first kappa shape index (κ1) is 13.5. The van der Waals surface area contributed by atoms with Crippen molar-refractivity contribution in [2.45, 2.75) is 6.36 Å². The van der Waals surface area contributed by atoms with E-state index < -0.39 is 27.2 Å². The van der Waals surface area contributed by atoms with Crippen LogP contribution in [0.25, 0.3) is 4.91 Å². The number of ether oxygens (including phenoxy) is 1. The second kappa shape index (κ2) is 4.36. The van der Waals surface area contributed by atoms with Crippen LogP contribution >= 0.6 is 0 Å². The summed E-state index contributed by atoms with van der Waals surface area (Å²) in [6, 6.07) is 3.64. The molecule has 0 saturated heterocycles. The minimum Gasteiger partial charge on any atom is -0.406 e. The number of halogens is 4. The molecule has 1 aromatic rings. The quantitative estimate of drug-likeness (QED) is 0.626. The highest BCUT2D eigenvalue weighted by molar-refractivity contribution is 7.95. The summed E-state index contributed by atoms with van der Waals surface area (Å²) < 4.78 is 72.4. The van der Waals surface area contributed by atoms with E-state index in [0.29, 0.717) is 0 Å². The molecule has 0 amide bonds. The van der Waals surface area contributed by atoms with Crippen molar-refractivity contribution in [3.05, 3.63) is 36.4 Å². The highest BCUT2D eigenvalue weighted by Gasteiger charge is 2.31. The Morgan fingerprint density at radius 2 is 1.65 bits per heavy atom. The van der Waals surface area contributed by atoms with Gasteiger partial charge < -0.3 is 4.74 Å². The molecule has 0 N–H and O–H groups in total. The van der Waals surface area contributed by atoms with Crippen LogP contribution in [0.15, 0.2) is 30.8 Å². The predicted molar refractivity (Wildman–Crippen MR) is 52.2 cm³/mol. The van der Waals surface area contributed by atoms with Crippen LogP contribution in [0.2, 0.25) is 0 Å². The second-order valence-electron chi connectivity index (χ2n) is 2.93. The molecule has 0 heterocycles. The molecule has 8 heteroatoms. The smallest absolute Gasteiger partial charge is 0.406 e. The molecule has 3 nitrogen and oxygen atoms in total. The van der Waals surface area contributed by atoms with Crippen LogP contribution in [0.4, 0.5) is 17.1 Å². The first-order valence-electron chi connectivity index (χ1n) is 4.09. The Labute approximate surface area is 94.5 Å². The van der Waals surface area contributed by atoms with Crippen molar-refractivity contribution in [1.82, 2.24) is 0 Å². The molecule has 0 aliphatic rings. The zero-order valence-corrected chi connectivity index (χ0v) is 8.98. The maximum absolute atomic E-state index is 12.5. The van der Waals surface area contributed by atoms with Gasteiger partial charge in [0.2, 0.25) is 0 Å². The van der Waals surface area contributed by atoms with E-state index in [0.717, 1.165) is 24.3 Å². The second-order valence-corrected chi connectivity index (χ2v) is 4.30. The van der Waals surface area contributed by atoms with Gasteiger partial charge in [0.25, 0.3) is 0 Å². The molecule has 0 aliphatic carbocycles. The van der Waals surface area contributed by atoms with Crippen LogP contribution in [-0.2, 0) is 10.2 Å². The molecule has 94 valence electrons. The van der Waals surface area contributed by atoms with Gasteiger partial charge in [-0.1, -0.05) is 6.58 Å². The van der Waals surface area contributed by atoms with Crippen LogP contribution in [0.1, 0.15) is 5.56 Å². The molecule has 0 spiro atoms. The minimum absolute atomic E-state index is 0.151. The number of hydrogen-bond donors (Lipinski definition) is 0. The molecule has 0 atom stereocenters. The third kappa shape index (κ3) is 4.06. The van der Waals surface area contributed by atoms with E-state index in [4.69, 9.17) is 0 Å². The van der Waals surface area contributed by atoms with Crippen molar-refractivity contribution >= 4 is 15.1 Å². The molecule has 0 fully saturated rings. The van der Waals surface area contributed by atoms with Crippen molar-refractivity contribution < 1.29 is 30.2 Å². The fraction of sp³-hybridized carbons (Fsp3) is 0.111. The molecule has 0 saturated carbocycles. The van der Waals surface area contributed by atoms with E-state index in [2.05, 4.69) is 11.3 Å². The van der Waals surface area contributed by atoms with Gasteiger partial charge in [-0.3, -0.25) is 0 Å². The zero-order chi connectivity index (χ0) is 13.3. The Hall–Kier alpha value is -1.57. The molecular weight excluding hydrogens is 264 g/mol. The molecule has 0 bridgehead atoms. The van der Waals surface area contributed by atoms with E-state index >= 15 is 0 Å². The lowest BCUT2D eigenvalue weighted by molar-refractivity contribution is -0.274. The van der Waals surface area contributed by atoms with Crippen molar-refractivity contribution in [2.75, 3.05) is 0 Å². The van der Waals surface area contributed by atoms with Crippen LogP contribution < -0.4 is 4.74 Å². The average molecular weight is 270 g/mol. The Balaban J connectivity index is 2.93. The van der Waals surface area contributed by atoms with E-state index in [9.17, 15) is 25.5 Å². The van der Waals surface area contributed by atoms with Gasteiger partial charge in [0, 0.05) is 0 Å². The standard InChI is InChI=1S/C9H6F4O3S/c1-6(17(13,14)15)7-2-4-8(5-3-7)16-9(10,11)12/h2-5H,1H2. The van der Waals surface area contributed by atoms with Crippen molar-refractivity contribution in [1.29, 1.82) is 0 Å². The highest BCUT2D eigenvalue weighted by Crippen LogP contribution is 2.26. The first-order valence-corrected chi connectivity index (χ1v) is 5.48. The van der Waals surface area contributed by atoms with Crippen molar-refractivity contribution in [2.24, 2.45) is 0 Å². The maximum Gasteiger partial charge on any atom is 0.573 e. The molecule has 0 aliphatic heterocycles. The van der Waals surface area contributed by atoms with E-state index in [1.807, 2.05) is 0 Å². The maximum atomic E-state index is 12.5. The molecular formula is C9H6F4O3S. The first-order chi connectivity index (χ1) is 7.59. The van der Waals surface area contributed by atoms with Crippen LogP contribution in [0.3, 0.4) is 0 Å². The Morgan fingerprint density at radius 1 is 1.18 bits per heavy atom. The lowest BCUT2D eigenvalue weighted by Gasteiger charge is -2.09. The monoisotopic (exact) mass is 270 g/mol. The third-order valence-electron chi connectivity index (χ3n) is 1.70.